The van der Waals surface area contributed by atoms with Crippen LogP contribution >= 0.6 is 0 Å². The van der Waals surface area contributed by atoms with Crippen molar-refractivity contribution in [3.63, 3.8) is 0 Å². The number of ether oxygens (including phenoxy) is 3. The van der Waals surface area contributed by atoms with E-state index in [0.29, 0.717) is 28.4 Å². The maximum atomic E-state index is 11.7. The van der Waals surface area contributed by atoms with Crippen LogP contribution in [0.25, 0.3) is 0 Å². The van der Waals surface area contributed by atoms with Gasteiger partial charge in [0.05, 0.1) is 13.0 Å². The molecule has 1 atom stereocenters. The van der Waals surface area contributed by atoms with E-state index in [1.165, 1.54) is 13.2 Å². The summed E-state index contributed by atoms with van der Waals surface area (Å²) in [4.78, 5) is 11.7. The Morgan fingerprint density at radius 3 is 2.70 bits per heavy atom. The van der Waals surface area contributed by atoms with Gasteiger partial charge in [-0.15, -0.1) is 0 Å². The van der Waals surface area contributed by atoms with E-state index < -0.39 is 11.9 Å². The minimum atomic E-state index is -0.945. The SMILES string of the molecule is COc1ccc(CC(C(=O)O)c2ccc3c(c2)OCO3)cc1O. The Morgan fingerprint density at radius 2 is 2.00 bits per heavy atom. The number of methoxy groups -OCH3 is 1. The molecule has 6 heteroatoms. The molecule has 1 unspecified atom stereocenters. The molecule has 3 rings (SSSR count). The van der Waals surface area contributed by atoms with E-state index in [4.69, 9.17) is 14.2 Å². The minimum absolute atomic E-state index is 0.0141. The van der Waals surface area contributed by atoms with Crippen LogP contribution < -0.4 is 14.2 Å². The number of aromatic hydroxyl groups is 1. The van der Waals surface area contributed by atoms with Crippen LogP contribution in [-0.2, 0) is 11.2 Å². The number of phenols is 1. The first kappa shape index (κ1) is 15.0. The third-order valence-corrected chi connectivity index (χ3v) is 3.78. The largest absolute Gasteiger partial charge is 0.504 e. The first-order valence-electron chi connectivity index (χ1n) is 7.06. The van der Waals surface area contributed by atoms with Crippen molar-refractivity contribution >= 4 is 5.97 Å². The minimum Gasteiger partial charge on any atom is -0.504 e. The van der Waals surface area contributed by atoms with Crippen LogP contribution in [0.15, 0.2) is 36.4 Å². The molecule has 0 aromatic heterocycles. The lowest BCUT2D eigenvalue weighted by Gasteiger charge is -2.14. The molecule has 120 valence electrons. The smallest absolute Gasteiger partial charge is 0.311 e. The van der Waals surface area contributed by atoms with Gasteiger partial charge in [0.2, 0.25) is 6.79 Å². The Labute approximate surface area is 132 Å². The normalized spacial score (nSPS) is 13.6. The molecule has 1 aliphatic heterocycles. The molecule has 0 aliphatic carbocycles. The molecule has 0 amide bonds. The van der Waals surface area contributed by atoms with Crippen LogP contribution in [0.5, 0.6) is 23.0 Å². The first-order chi connectivity index (χ1) is 11.1. The van der Waals surface area contributed by atoms with E-state index in [0.717, 1.165) is 0 Å². The fourth-order valence-corrected chi connectivity index (χ4v) is 2.58. The zero-order chi connectivity index (χ0) is 16.4. The quantitative estimate of drug-likeness (QED) is 0.882. The number of hydrogen-bond acceptors (Lipinski definition) is 5. The third-order valence-electron chi connectivity index (χ3n) is 3.78. The summed E-state index contributed by atoms with van der Waals surface area (Å²) in [5, 5.41) is 19.4. The average Bonchev–Trinajstić information content (AvgIpc) is 3.00. The van der Waals surface area contributed by atoms with Gasteiger partial charge in [0, 0.05) is 0 Å². The summed E-state index contributed by atoms with van der Waals surface area (Å²) >= 11 is 0. The zero-order valence-corrected chi connectivity index (χ0v) is 12.5. The molecule has 6 nitrogen and oxygen atoms in total. The number of benzene rings is 2. The number of fused-ring (bicyclic) bond motifs is 1. The van der Waals surface area contributed by atoms with Gasteiger partial charge in [0.1, 0.15) is 0 Å². The van der Waals surface area contributed by atoms with Crippen molar-refractivity contribution in [1.29, 1.82) is 0 Å². The van der Waals surface area contributed by atoms with Crippen LogP contribution in [0.3, 0.4) is 0 Å². The maximum Gasteiger partial charge on any atom is 0.311 e. The summed E-state index contributed by atoms with van der Waals surface area (Å²) in [6.07, 6.45) is 0.243. The second-order valence-electron chi connectivity index (χ2n) is 5.21. The number of rotatable bonds is 5. The van der Waals surface area contributed by atoms with Crippen molar-refractivity contribution in [2.75, 3.05) is 13.9 Å². The fraction of sp³-hybridized carbons (Fsp3) is 0.235. The van der Waals surface area contributed by atoms with Gasteiger partial charge in [-0.1, -0.05) is 12.1 Å². The van der Waals surface area contributed by atoms with Gasteiger partial charge in [-0.25, -0.2) is 0 Å². The molecule has 1 aliphatic rings. The van der Waals surface area contributed by atoms with E-state index >= 15 is 0 Å². The highest BCUT2D eigenvalue weighted by molar-refractivity contribution is 5.77. The summed E-state index contributed by atoms with van der Waals surface area (Å²) in [5.41, 5.74) is 1.32. The summed E-state index contributed by atoms with van der Waals surface area (Å²) in [5.74, 6) is -0.202. The van der Waals surface area contributed by atoms with Gasteiger partial charge >= 0.3 is 5.97 Å². The Hall–Kier alpha value is -2.89. The Kier molecular flexibility index (Phi) is 3.97. The molecule has 0 saturated carbocycles. The standard InChI is InChI=1S/C17H16O6/c1-21-14-4-2-10(7-13(14)18)6-12(17(19)20)11-3-5-15-16(8-11)23-9-22-15/h2-5,7-8,12,18H,6,9H2,1H3,(H,19,20). The predicted octanol–water partition coefficient (Wildman–Crippen LogP) is 2.54. The van der Waals surface area contributed by atoms with Crippen molar-refractivity contribution in [1.82, 2.24) is 0 Å². The predicted molar refractivity (Wildman–Crippen MR) is 81.3 cm³/mol. The lowest BCUT2D eigenvalue weighted by Crippen LogP contribution is -2.14. The number of carbonyl (C=O) groups is 1. The summed E-state index contributed by atoms with van der Waals surface area (Å²) in [6, 6.07) is 9.98. The summed E-state index contributed by atoms with van der Waals surface area (Å²) in [6.45, 7) is 0.142. The molecule has 1 heterocycles. The van der Waals surface area contributed by atoms with Crippen molar-refractivity contribution in [2.45, 2.75) is 12.3 Å². The number of phenolic OH excluding ortho intramolecular Hbond substituents is 1. The van der Waals surface area contributed by atoms with E-state index in [-0.39, 0.29) is 19.0 Å². The van der Waals surface area contributed by atoms with Crippen molar-refractivity contribution in [2.24, 2.45) is 0 Å². The Balaban J connectivity index is 1.87. The molecule has 0 fully saturated rings. The van der Waals surface area contributed by atoms with Crippen LogP contribution in [-0.4, -0.2) is 30.1 Å². The van der Waals surface area contributed by atoms with Gasteiger partial charge < -0.3 is 24.4 Å². The van der Waals surface area contributed by atoms with Crippen LogP contribution in [0.1, 0.15) is 17.0 Å². The van der Waals surface area contributed by atoms with Gasteiger partial charge in [-0.2, -0.15) is 0 Å². The maximum absolute atomic E-state index is 11.7. The number of carboxylic acids is 1. The van der Waals surface area contributed by atoms with Crippen molar-refractivity contribution < 1.29 is 29.2 Å². The van der Waals surface area contributed by atoms with Gasteiger partial charge in [0.25, 0.3) is 0 Å². The molecule has 0 radical (unpaired) electrons. The highest BCUT2D eigenvalue weighted by Crippen LogP contribution is 2.36. The summed E-state index contributed by atoms with van der Waals surface area (Å²) < 4.78 is 15.5. The van der Waals surface area contributed by atoms with Crippen LogP contribution in [0, 0.1) is 0 Å². The molecular formula is C17H16O6. The van der Waals surface area contributed by atoms with Gasteiger partial charge in [0.15, 0.2) is 23.0 Å². The van der Waals surface area contributed by atoms with Crippen molar-refractivity contribution in [3.05, 3.63) is 47.5 Å². The van der Waals surface area contributed by atoms with E-state index in [2.05, 4.69) is 0 Å². The van der Waals surface area contributed by atoms with E-state index in [9.17, 15) is 15.0 Å². The third kappa shape index (κ3) is 3.01. The molecule has 0 bridgehead atoms. The molecule has 23 heavy (non-hydrogen) atoms. The fourth-order valence-electron chi connectivity index (χ4n) is 2.58. The van der Waals surface area contributed by atoms with Gasteiger partial charge in [-0.3, -0.25) is 4.79 Å². The molecule has 2 aromatic carbocycles. The monoisotopic (exact) mass is 316 g/mol. The number of aliphatic carboxylic acids is 1. The van der Waals surface area contributed by atoms with E-state index in [1.807, 2.05) is 0 Å². The first-order valence-corrected chi connectivity index (χ1v) is 7.06. The van der Waals surface area contributed by atoms with E-state index in [1.54, 1.807) is 30.3 Å². The molecule has 2 aromatic rings. The average molecular weight is 316 g/mol. The summed E-state index contributed by atoms with van der Waals surface area (Å²) in [7, 11) is 1.46. The molecule has 0 spiro atoms. The number of hydrogen-bond donors (Lipinski definition) is 2. The van der Waals surface area contributed by atoms with Gasteiger partial charge in [-0.05, 0) is 41.8 Å². The Bertz CT molecular complexity index is 740. The lowest BCUT2D eigenvalue weighted by atomic mass is 9.91. The second-order valence-corrected chi connectivity index (χ2v) is 5.21. The second kappa shape index (κ2) is 6.08. The van der Waals surface area contributed by atoms with Crippen LogP contribution in [0.4, 0.5) is 0 Å². The Morgan fingerprint density at radius 1 is 1.22 bits per heavy atom. The lowest BCUT2D eigenvalue weighted by molar-refractivity contribution is -0.138. The molecular weight excluding hydrogens is 300 g/mol. The topological polar surface area (TPSA) is 85.2 Å². The number of carboxylic acid groups (broad SMARTS) is 1. The zero-order valence-electron chi connectivity index (χ0n) is 12.5. The van der Waals surface area contributed by atoms with Crippen LogP contribution in [0.2, 0.25) is 0 Å². The van der Waals surface area contributed by atoms with Crippen molar-refractivity contribution in [3.8, 4) is 23.0 Å². The molecule has 0 saturated heterocycles. The highest BCUT2D eigenvalue weighted by Gasteiger charge is 2.24. The molecule has 2 N–H and O–H groups in total. The highest BCUT2D eigenvalue weighted by atomic mass is 16.7.